The van der Waals surface area contributed by atoms with Crippen molar-refractivity contribution in [1.82, 2.24) is 79.4 Å². The first-order chi connectivity index (χ1) is 62.3. The lowest BCUT2D eigenvalue weighted by molar-refractivity contribution is -0.138. The van der Waals surface area contributed by atoms with Gasteiger partial charge in [-0.3, -0.25) is 81.5 Å². The first kappa shape index (κ1) is 109. The molecule has 39 nitrogen and oxygen atoms in total. The highest BCUT2D eigenvalue weighted by molar-refractivity contribution is 8.77. The Morgan fingerprint density at radius 1 is 0.561 bits per heavy atom. The Bertz CT molecular complexity index is 4880. The number of aliphatic hydroxyl groups is 1. The van der Waals surface area contributed by atoms with E-state index in [1.165, 1.54) is 48.5 Å². The zero-order chi connectivity index (χ0) is 97.9. The third-order valence-electron chi connectivity index (χ3n) is 22.1. The molecular weight excluding hydrogens is 1740 g/mol. The van der Waals surface area contributed by atoms with E-state index in [4.69, 9.17) is 33.4 Å². The average Bonchev–Trinajstić information content (AvgIpc) is 0.903. The van der Waals surface area contributed by atoms with Crippen molar-refractivity contribution >= 4 is 144 Å². The molecular formula is C91H134N20O19S2. The molecule has 13 atom stereocenters. The summed E-state index contributed by atoms with van der Waals surface area (Å²) in [5, 5.41) is 51.2. The average molecular weight is 1880 g/mol. The van der Waals surface area contributed by atoms with E-state index in [9.17, 15) is 57.8 Å². The predicted octanol–water partition coefficient (Wildman–Crippen LogP) is 0.224. The number of H-pyrrole nitrogens is 1. The van der Waals surface area contributed by atoms with Crippen molar-refractivity contribution in [2.24, 2.45) is 34.6 Å². The van der Waals surface area contributed by atoms with Gasteiger partial charge in [0.1, 0.15) is 84.4 Å². The van der Waals surface area contributed by atoms with E-state index in [2.05, 4.69) is 79.4 Å². The van der Waals surface area contributed by atoms with Gasteiger partial charge < -0.3 is 118 Å². The number of primary amides is 3. The molecule has 5 aromatic rings. The summed E-state index contributed by atoms with van der Waals surface area (Å²) in [5.41, 5.74) is 29.8. The largest absolute Gasteiger partial charge is 0.492 e. The standard InChI is InChI=1S/C91H134N20O19S2/c1-13-23-58-26-22-27-62-60(49-99-74(58)62)46-68-81(122)101-63(28-16-20-39-97-52(5)113)79(120)110-76(90(10,11)132-131-89(8,9)75(100-54(7)115)86(127)107-70(48-72(95)117)83(124)109-73(51(4)112)85(126)105-68)87(128)106-66(44-55-31-34-61(35-32-55)130-41-38-93)80(121)103-67(45-56-30-33-57-24-14-15-25-59(57)43-56)84(125)111-91(12,36-18-19-37-92)88(129)108-64(29-17-21-40-98-53(6)114)78(119)104-69(47-71(94)116)82(123)102-65(77(96)118)42-50(2)3/h14-15,22,24-27,30-35,43,49-51,63-70,73,75-76,99,112H,13,16-21,23,28-29,36-42,44-48,92-93H2,1-12H3,(H2,94,116)(H2,95,117)(H2,96,118)(H,97,113)(H,98,114)(H,100,115)(H,101,122)(H,102,123)(H,103,121)(H,104,119)(H,105,126)(H,106,128)(H,107,127)(H,108,129)(H,109,124)(H,110,120)(H,111,125)/t51-,63+,64+,65-,66+,67+,68+,69+,70+,73+,75-,76-,91+/m1/s1. The predicted molar refractivity (Wildman–Crippen MR) is 501 cm³/mol. The van der Waals surface area contributed by atoms with Crippen molar-refractivity contribution in [2.45, 2.75) is 280 Å². The summed E-state index contributed by atoms with van der Waals surface area (Å²) in [5.74, 6) is -15.8. The molecule has 0 unspecified atom stereocenters. The number of carbonyl (C=O) groups is 17. The maximum atomic E-state index is 16.4. The second kappa shape index (κ2) is 52.3. The highest BCUT2D eigenvalue weighted by Crippen LogP contribution is 2.47. The van der Waals surface area contributed by atoms with Crippen molar-refractivity contribution in [3.8, 4) is 5.75 Å². The number of rotatable bonds is 46. The topological polar surface area (TPSA) is 634 Å². The van der Waals surface area contributed by atoms with E-state index in [1.807, 2.05) is 37.3 Å². The first-order valence-corrected chi connectivity index (χ1v) is 46.6. The van der Waals surface area contributed by atoms with Crippen LogP contribution in [0.1, 0.15) is 189 Å². The quantitative estimate of drug-likeness (QED) is 0.0183. The number of para-hydroxylation sites is 1. The SMILES string of the molecule is CCCc1cccc2c(C[C@@H]3NC(=O)[C@H]([C@@H](C)O)NC(=O)[C@H](CC(N)=O)NC(=O)[C@@H](NC(C)=O)C(C)(C)SSC(C)(C)[C@@H](C(=O)N[C@@H](Cc4ccc(OCCN)cc4)C(=O)N[C@@H](Cc4ccc5ccccc5c4)C(=O)N[C@@](C)(CCCCN)C(=O)N[C@@H](CCCCNC(C)=O)C(=O)N[C@@H](CC(N)=O)C(=O)N[C@H](CC(C)C)C(N)=O)NC(=O)[C@H](CCCCNC(C)=O)NC3=O)c[nH]c12. The number of benzene rings is 4. The molecule has 6 rings (SSSR count). The summed E-state index contributed by atoms with van der Waals surface area (Å²) in [7, 11) is 1.82. The third kappa shape index (κ3) is 34.6. The van der Waals surface area contributed by atoms with Gasteiger partial charge in [0.25, 0.3) is 0 Å². The maximum Gasteiger partial charge on any atom is 0.246 e. The Balaban J connectivity index is 1.55. The Labute approximate surface area is 776 Å². The van der Waals surface area contributed by atoms with Crippen LogP contribution in [0.3, 0.4) is 0 Å². The first-order valence-electron chi connectivity index (χ1n) is 44.5. The molecule has 0 saturated carbocycles. The number of ether oxygens (including phenoxy) is 1. The molecule has 1 fully saturated rings. The second-order valence-corrected chi connectivity index (χ2v) is 38.4. The molecule has 0 bridgehead atoms. The molecule has 2 heterocycles. The molecule has 0 radical (unpaired) electrons. The highest BCUT2D eigenvalue weighted by Gasteiger charge is 2.47. The third-order valence-corrected chi connectivity index (χ3v) is 26.4. The number of aromatic amines is 1. The number of aromatic nitrogens is 1. The minimum absolute atomic E-state index is 0.0855. The fourth-order valence-corrected chi connectivity index (χ4v) is 17.8. The van der Waals surface area contributed by atoms with E-state index in [0.29, 0.717) is 40.7 Å². The summed E-state index contributed by atoms with van der Waals surface area (Å²) in [6, 6.07) is 5.98. The van der Waals surface area contributed by atoms with E-state index < -0.39 is 189 Å². The van der Waals surface area contributed by atoms with Crippen molar-refractivity contribution in [1.29, 1.82) is 0 Å². The van der Waals surface area contributed by atoms with Crippen LogP contribution in [0.2, 0.25) is 0 Å². The zero-order valence-corrected chi connectivity index (χ0v) is 78.9. The van der Waals surface area contributed by atoms with Crippen molar-refractivity contribution < 1.29 is 91.4 Å². The Hall–Kier alpha value is -11.9. The fraction of sp³-hybridized carbons (Fsp3) is 0.549. The number of hydrogen-bond acceptors (Lipinski definition) is 23. The zero-order valence-electron chi connectivity index (χ0n) is 77.2. The lowest BCUT2D eigenvalue weighted by atomic mass is 9.91. The lowest BCUT2D eigenvalue weighted by Gasteiger charge is -2.39. The van der Waals surface area contributed by atoms with Crippen LogP contribution < -0.4 is 108 Å². The maximum absolute atomic E-state index is 16.4. The van der Waals surface area contributed by atoms with Crippen LogP contribution >= 0.6 is 21.6 Å². The number of aliphatic hydroxyl groups excluding tert-OH is 1. The van der Waals surface area contributed by atoms with Gasteiger partial charge in [0, 0.05) is 86.3 Å². The van der Waals surface area contributed by atoms with Gasteiger partial charge in [0.05, 0.1) is 18.9 Å². The van der Waals surface area contributed by atoms with Gasteiger partial charge in [-0.05, 0) is 170 Å². The Kier molecular flexibility index (Phi) is 43.1. The summed E-state index contributed by atoms with van der Waals surface area (Å²) < 4.78 is 2.59. The number of fused-ring (bicyclic) bond motifs is 2. The Morgan fingerprint density at radius 2 is 1.14 bits per heavy atom. The summed E-state index contributed by atoms with van der Waals surface area (Å²) >= 11 is 0. The molecule has 724 valence electrons. The lowest BCUT2D eigenvalue weighted by Crippen LogP contribution is -2.65. The van der Waals surface area contributed by atoms with E-state index in [-0.39, 0.29) is 128 Å². The summed E-state index contributed by atoms with van der Waals surface area (Å²) in [6.07, 6.45) is -0.581. The fourth-order valence-electron chi connectivity index (χ4n) is 15.0. The van der Waals surface area contributed by atoms with Gasteiger partial charge in [0.2, 0.25) is 100 Å². The van der Waals surface area contributed by atoms with Gasteiger partial charge in [0.15, 0.2) is 0 Å². The van der Waals surface area contributed by atoms with Gasteiger partial charge in [-0.1, -0.05) is 122 Å². The Morgan fingerprint density at radius 3 is 1.76 bits per heavy atom. The van der Waals surface area contributed by atoms with Crippen LogP contribution in [-0.2, 0) is 107 Å². The van der Waals surface area contributed by atoms with Gasteiger partial charge >= 0.3 is 0 Å². The van der Waals surface area contributed by atoms with Crippen LogP contribution in [0.4, 0.5) is 0 Å². The normalized spacial score (nSPS) is 19.2. The molecule has 17 amide bonds. The van der Waals surface area contributed by atoms with E-state index >= 15 is 28.8 Å². The molecule has 41 heteroatoms. The molecule has 1 aliphatic rings. The number of hydrogen-bond donors (Lipinski definition) is 21. The number of unbranched alkanes of at least 4 members (excludes halogenated alkanes) is 3. The second-order valence-electron chi connectivity index (χ2n) is 35.0. The van der Waals surface area contributed by atoms with Gasteiger partial charge in [-0.15, -0.1) is 0 Å². The minimum Gasteiger partial charge on any atom is -0.492 e. The van der Waals surface area contributed by atoms with Crippen LogP contribution in [-0.4, -0.2) is 231 Å². The molecule has 1 saturated heterocycles. The summed E-state index contributed by atoms with van der Waals surface area (Å²) in [4.78, 5) is 247. The van der Waals surface area contributed by atoms with Gasteiger partial charge in [-0.2, -0.15) is 0 Å². The van der Waals surface area contributed by atoms with Crippen LogP contribution in [0.5, 0.6) is 5.75 Å². The van der Waals surface area contributed by atoms with Crippen molar-refractivity contribution in [3.63, 3.8) is 0 Å². The number of aryl methyl sites for hydroxylation is 1. The number of nitrogens with one attached hydrogen (secondary N) is 15. The molecule has 4 aromatic carbocycles. The molecule has 0 spiro atoms. The molecule has 1 aromatic heterocycles. The van der Waals surface area contributed by atoms with E-state index in [1.54, 1.807) is 74.6 Å². The van der Waals surface area contributed by atoms with Crippen molar-refractivity contribution in [3.05, 3.63) is 113 Å². The number of carbonyl (C=O) groups excluding carboxylic acids is 17. The van der Waals surface area contributed by atoms with Crippen LogP contribution in [0.25, 0.3) is 21.7 Å². The van der Waals surface area contributed by atoms with Crippen molar-refractivity contribution in [2.75, 3.05) is 32.8 Å². The number of nitrogens with two attached hydrogens (primary N) is 5. The van der Waals surface area contributed by atoms with Crippen LogP contribution in [0.15, 0.2) is 91.1 Å². The van der Waals surface area contributed by atoms with Gasteiger partial charge in [-0.25, -0.2) is 0 Å². The minimum atomic E-state index is -2.02. The highest BCUT2D eigenvalue weighted by atomic mass is 33.1. The summed E-state index contributed by atoms with van der Waals surface area (Å²) in [6.45, 7) is 18.6. The van der Waals surface area contributed by atoms with E-state index in [0.717, 1.165) is 63.7 Å². The monoisotopic (exact) mass is 1870 g/mol. The molecule has 0 aliphatic carbocycles. The molecule has 132 heavy (non-hydrogen) atoms. The molecule has 26 N–H and O–H groups in total. The molecule has 1 aliphatic heterocycles. The van der Waals surface area contributed by atoms with Crippen LogP contribution in [0, 0.1) is 5.92 Å². The smallest absolute Gasteiger partial charge is 0.246 e. The number of amides is 17.